The zero-order valence-electron chi connectivity index (χ0n) is 9.92. The second-order valence-electron chi connectivity index (χ2n) is 3.96. The molecule has 0 atom stereocenters. The molecular formula is C13H11N3O3. The molecule has 0 aliphatic carbocycles. The predicted molar refractivity (Wildman–Crippen MR) is 69.2 cm³/mol. The Balaban J connectivity index is 1.83. The van der Waals surface area contributed by atoms with Gasteiger partial charge < -0.3 is 20.5 Å². The van der Waals surface area contributed by atoms with Crippen LogP contribution in [0.3, 0.4) is 0 Å². The van der Waals surface area contributed by atoms with E-state index in [4.69, 9.17) is 15.2 Å². The Kier molecular flexibility index (Phi) is 2.68. The molecule has 0 spiro atoms. The van der Waals surface area contributed by atoms with Gasteiger partial charge in [0, 0.05) is 11.8 Å². The van der Waals surface area contributed by atoms with Gasteiger partial charge in [-0.05, 0) is 30.3 Å². The molecule has 19 heavy (non-hydrogen) atoms. The lowest BCUT2D eigenvalue weighted by Gasteiger charge is -2.07. The number of fused-ring (bicyclic) bond motifs is 1. The Morgan fingerprint density at radius 2 is 2.11 bits per heavy atom. The number of carbonyl (C=O) groups is 1. The standard InChI is InChI=1S/C13H11N3O3/c14-9-2-1-5-15-12(9)16-13(17)8-3-4-10-11(6-8)19-7-18-10/h1-6H,7,14H2,(H,15,16,17). The highest BCUT2D eigenvalue weighted by Crippen LogP contribution is 2.32. The maximum atomic E-state index is 12.1. The Morgan fingerprint density at radius 3 is 2.95 bits per heavy atom. The highest BCUT2D eigenvalue weighted by atomic mass is 16.7. The van der Waals surface area contributed by atoms with Crippen molar-refractivity contribution in [2.45, 2.75) is 0 Å². The average molecular weight is 257 g/mol. The fourth-order valence-corrected chi connectivity index (χ4v) is 1.74. The number of rotatable bonds is 2. The van der Waals surface area contributed by atoms with Crippen LogP contribution in [-0.4, -0.2) is 17.7 Å². The van der Waals surface area contributed by atoms with Crippen LogP contribution in [0.1, 0.15) is 10.4 Å². The number of ether oxygens (including phenoxy) is 2. The summed E-state index contributed by atoms with van der Waals surface area (Å²) in [4.78, 5) is 16.1. The van der Waals surface area contributed by atoms with Crippen LogP contribution in [0.25, 0.3) is 0 Å². The van der Waals surface area contributed by atoms with Crippen LogP contribution in [0.4, 0.5) is 11.5 Å². The number of amides is 1. The monoisotopic (exact) mass is 257 g/mol. The van der Waals surface area contributed by atoms with Gasteiger partial charge in [-0.2, -0.15) is 0 Å². The van der Waals surface area contributed by atoms with E-state index in [9.17, 15) is 4.79 Å². The van der Waals surface area contributed by atoms with Gasteiger partial charge in [0.25, 0.3) is 5.91 Å². The maximum Gasteiger partial charge on any atom is 0.257 e. The average Bonchev–Trinajstić information content (AvgIpc) is 2.88. The fourth-order valence-electron chi connectivity index (χ4n) is 1.74. The molecule has 2 heterocycles. The van der Waals surface area contributed by atoms with Gasteiger partial charge in [0.05, 0.1) is 5.69 Å². The van der Waals surface area contributed by atoms with E-state index < -0.39 is 0 Å². The summed E-state index contributed by atoms with van der Waals surface area (Å²) in [5.74, 6) is 1.23. The number of carbonyl (C=O) groups excluding carboxylic acids is 1. The van der Waals surface area contributed by atoms with Crippen LogP contribution in [0.15, 0.2) is 36.5 Å². The van der Waals surface area contributed by atoms with Crippen LogP contribution in [0.2, 0.25) is 0 Å². The van der Waals surface area contributed by atoms with Crippen molar-refractivity contribution in [1.29, 1.82) is 0 Å². The molecule has 0 saturated heterocycles. The van der Waals surface area contributed by atoms with Crippen molar-refractivity contribution in [3.8, 4) is 11.5 Å². The number of pyridine rings is 1. The summed E-state index contributed by atoms with van der Waals surface area (Å²) < 4.78 is 10.4. The summed E-state index contributed by atoms with van der Waals surface area (Å²) in [5.41, 5.74) is 6.58. The number of hydrogen-bond acceptors (Lipinski definition) is 5. The van der Waals surface area contributed by atoms with Gasteiger partial charge >= 0.3 is 0 Å². The quantitative estimate of drug-likeness (QED) is 0.854. The number of nitrogens with two attached hydrogens (primary N) is 1. The van der Waals surface area contributed by atoms with Gasteiger partial charge in [-0.25, -0.2) is 4.98 Å². The minimum atomic E-state index is -0.302. The van der Waals surface area contributed by atoms with Gasteiger partial charge in [0.15, 0.2) is 17.3 Å². The molecule has 0 bridgehead atoms. The maximum absolute atomic E-state index is 12.1. The SMILES string of the molecule is Nc1cccnc1NC(=O)c1ccc2c(c1)OCO2. The lowest BCUT2D eigenvalue weighted by molar-refractivity contribution is 0.102. The molecule has 1 aromatic carbocycles. The first-order valence-corrected chi connectivity index (χ1v) is 5.65. The molecule has 1 amide bonds. The number of nitrogens with zero attached hydrogens (tertiary/aromatic N) is 1. The first-order chi connectivity index (χ1) is 9.24. The van der Waals surface area contributed by atoms with Crippen molar-refractivity contribution < 1.29 is 14.3 Å². The molecule has 1 aromatic heterocycles. The van der Waals surface area contributed by atoms with E-state index in [0.717, 1.165) is 0 Å². The van der Waals surface area contributed by atoms with Crippen molar-refractivity contribution in [3.05, 3.63) is 42.1 Å². The van der Waals surface area contributed by atoms with Gasteiger partial charge in [-0.15, -0.1) is 0 Å². The first-order valence-electron chi connectivity index (χ1n) is 5.65. The third kappa shape index (κ3) is 2.15. The Hall–Kier alpha value is -2.76. The van der Waals surface area contributed by atoms with Crippen molar-refractivity contribution in [2.24, 2.45) is 0 Å². The molecule has 1 aliphatic rings. The topological polar surface area (TPSA) is 86.5 Å². The molecule has 0 fully saturated rings. The van der Waals surface area contributed by atoms with Gasteiger partial charge in [-0.3, -0.25) is 4.79 Å². The summed E-state index contributed by atoms with van der Waals surface area (Å²) in [6, 6.07) is 8.34. The molecule has 3 N–H and O–H groups in total. The zero-order chi connectivity index (χ0) is 13.2. The molecular weight excluding hydrogens is 246 g/mol. The van der Waals surface area contributed by atoms with Crippen LogP contribution in [0.5, 0.6) is 11.5 Å². The first kappa shape index (κ1) is 11.3. The van der Waals surface area contributed by atoms with Crippen molar-refractivity contribution >= 4 is 17.4 Å². The summed E-state index contributed by atoms with van der Waals surface area (Å²) in [5, 5.41) is 2.65. The highest BCUT2D eigenvalue weighted by Gasteiger charge is 2.16. The van der Waals surface area contributed by atoms with Crippen LogP contribution in [0, 0.1) is 0 Å². The van der Waals surface area contributed by atoms with E-state index in [1.807, 2.05) is 0 Å². The zero-order valence-corrected chi connectivity index (χ0v) is 9.92. The number of hydrogen-bond donors (Lipinski definition) is 2. The van der Waals surface area contributed by atoms with Gasteiger partial charge in [-0.1, -0.05) is 0 Å². The normalized spacial score (nSPS) is 12.2. The molecule has 6 nitrogen and oxygen atoms in total. The van der Waals surface area contributed by atoms with Crippen molar-refractivity contribution in [2.75, 3.05) is 17.8 Å². The molecule has 0 radical (unpaired) electrons. The van der Waals surface area contributed by atoms with Crippen LogP contribution in [-0.2, 0) is 0 Å². The number of nitrogen functional groups attached to an aromatic ring is 1. The molecule has 96 valence electrons. The largest absolute Gasteiger partial charge is 0.454 e. The van der Waals surface area contributed by atoms with Crippen molar-refractivity contribution in [3.63, 3.8) is 0 Å². The number of aromatic nitrogens is 1. The van der Waals surface area contributed by atoms with E-state index in [1.165, 1.54) is 0 Å². The van der Waals surface area contributed by atoms with E-state index in [0.29, 0.717) is 28.6 Å². The van der Waals surface area contributed by atoms with Crippen LogP contribution >= 0.6 is 0 Å². The van der Waals surface area contributed by atoms with Crippen molar-refractivity contribution in [1.82, 2.24) is 4.98 Å². The van der Waals surface area contributed by atoms with Crippen LogP contribution < -0.4 is 20.5 Å². The number of nitrogens with one attached hydrogen (secondary N) is 1. The summed E-state index contributed by atoms with van der Waals surface area (Å²) in [7, 11) is 0. The van der Waals surface area contributed by atoms with E-state index in [1.54, 1.807) is 36.5 Å². The predicted octanol–water partition coefficient (Wildman–Crippen LogP) is 1.64. The second kappa shape index (κ2) is 4.49. The Morgan fingerprint density at radius 1 is 1.26 bits per heavy atom. The highest BCUT2D eigenvalue weighted by molar-refractivity contribution is 6.05. The Bertz CT molecular complexity index is 643. The number of benzene rings is 1. The Labute approximate surface area is 109 Å². The minimum absolute atomic E-state index is 0.174. The number of anilines is 2. The third-order valence-electron chi connectivity index (χ3n) is 2.71. The smallest absolute Gasteiger partial charge is 0.257 e. The van der Waals surface area contributed by atoms with Gasteiger partial charge in [0.1, 0.15) is 0 Å². The van der Waals surface area contributed by atoms with E-state index in [2.05, 4.69) is 10.3 Å². The van der Waals surface area contributed by atoms with Gasteiger partial charge in [0.2, 0.25) is 6.79 Å². The van der Waals surface area contributed by atoms with E-state index in [-0.39, 0.29) is 12.7 Å². The lowest BCUT2D eigenvalue weighted by Crippen LogP contribution is -2.14. The summed E-state index contributed by atoms with van der Waals surface area (Å²) >= 11 is 0. The molecule has 1 aliphatic heterocycles. The lowest BCUT2D eigenvalue weighted by atomic mass is 10.2. The summed E-state index contributed by atoms with van der Waals surface area (Å²) in [6.45, 7) is 0.174. The third-order valence-corrected chi connectivity index (χ3v) is 2.71. The second-order valence-corrected chi connectivity index (χ2v) is 3.96. The summed E-state index contributed by atoms with van der Waals surface area (Å²) in [6.07, 6.45) is 1.56. The van der Waals surface area contributed by atoms with E-state index >= 15 is 0 Å². The minimum Gasteiger partial charge on any atom is -0.454 e. The molecule has 6 heteroatoms. The molecule has 0 unspecified atom stereocenters. The molecule has 0 saturated carbocycles. The molecule has 3 rings (SSSR count). The molecule has 2 aromatic rings. The fraction of sp³-hybridized carbons (Fsp3) is 0.0769.